The Morgan fingerprint density at radius 2 is 1.85 bits per heavy atom. The largest absolute Gasteiger partial charge is 0.390 e. The number of aliphatic hydroxyl groups is 1. The van der Waals surface area contributed by atoms with Gasteiger partial charge in [0.25, 0.3) is 0 Å². The molecule has 1 aliphatic carbocycles. The third-order valence-electron chi connectivity index (χ3n) is 3.23. The van der Waals surface area contributed by atoms with Crippen molar-refractivity contribution < 1.29 is 5.11 Å². The highest BCUT2D eigenvalue weighted by Crippen LogP contribution is 2.46. The van der Waals surface area contributed by atoms with Gasteiger partial charge in [-0.05, 0) is 30.6 Å². The second kappa shape index (κ2) is 3.25. The van der Waals surface area contributed by atoms with E-state index in [-0.39, 0.29) is 17.1 Å². The van der Waals surface area contributed by atoms with Crippen molar-refractivity contribution in [2.75, 3.05) is 0 Å². The second-order valence-corrected chi connectivity index (χ2v) is 5.66. The van der Waals surface area contributed by atoms with Gasteiger partial charge in [0.05, 0.1) is 5.60 Å². The fourth-order valence-electron chi connectivity index (χ4n) is 2.19. The molecule has 0 spiro atoms. The minimum atomic E-state index is -0.379. The fraction of sp³-hybridized carbons (Fsp3) is 1.00. The van der Waals surface area contributed by atoms with E-state index in [2.05, 4.69) is 27.7 Å². The molecule has 0 unspecified atom stereocenters. The maximum atomic E-state index is 9.84. The number of nitrogens with two attached hydrogens (primary N) is 1. The molecule has 1 rings (SSSR count). The smallest absolute Gasteiger partial charge is 0.0655 e. The van der Waals surface area contributed by atoms with Crippen molar-refractivity contribution >= 4 is 0 Å². The Labute approximate surface area is 81.5 Å². The van der Waals surface area contributed by atoms with Gasteiger partial charge in [-0.25, -0.2) is 0 Å². The molecule has 1 saturated carbocycles. The molecule has 1 aliphatic rings. The van der Waals surface area contributed by atoms with Gasteiger partial charge < -0.3 is 10.8 Å². The first-order chi connectivity index (χ1) is 5.77. The van der Waals surface area contributed by atoms with Crippen LogP contribution in [0.3, 0.4) is 0 Å². The zero-order valence-corrected chi connectivity index (χ0v) is 9.30. The third-order valence-corrected chi connectivity index (χ3v) is 3.23. The lowest BCUT2D eigenvalue weighted by Crippen LogP contribution is -2.43. The summed E-state index contributed by atoms with van der Waals surface area (Å²) in [6, 6.07) is 0.178. The molecule has 0 radical (unpaired) electrons. The van der Waals surface area contributed by atoms with Crippen molar-refractivity contribution in [3.05, 3.63) is 0 Å². The molecule has 0 aromatic rings. The minimum Gasteiger partial charge on any atom is -0.390 e. The maximum absolute atomic E-state index is 9.84. The van der Waals surface area contributed by atoms with E-state index in [4.69, 9.17) is 5.73 Å². The molecular formula is C11H23NO. The summed E-state index contributed by atoms with van der Waals surface area (Å²) in [5.41, 5.74) is 5.79. The van der Waals surface area contributed by atoms with Crippen LogP contribution in [-0.4, -0.2) is 16.7 Å². The zero-order valence-electron chi connectivity index (χ0n) is 9.30. The van der Waals surface area contributed by atoms with E-state index in [9.17, 15) is 5.11 Å². The second-order valence-electron chi connectivity index (χ2n) is 5.66. The van der Waals surface area contributed by atoms with E-state index in [0.717, 1.165) is 19.3 Å². The highest BCUT2D eigenvalue weighted by Gasteiger charge is 2.46. The summed E-state index contributed by atoms with van der Waals surface area (Å²) in [6.07, 6.45) is 2.77. The Morgan fingerprint density at radius 1 is 1.38 bits per heavy atom. The van der Waals surface area contributed by atoms with Crippen molar-refractivity contribution in [1.29, 1.82) is 0 Å². The molecular weight excluding hydrogens is 162 g/mol. The zero-order chi connectivity index (χ0) is 10.3. The Hall–Kier alpha value is -0.0800. The average Bonchev–Trinajstić information content (AvgIpc) is 2.64. The highest BCUT2D eigenvalue weighted by atomic mass is 16.3. The van der Waals surface area contributed by atoms with Gasteiger partial charge in [-0.15, -0.1) is 0 Å². The molecule has 1 atom stereocenters. The van der Waals surface area contributed by atoms with E-state index in [1.54, 1.807) is 0 Å². The molecule has 1 fully saturated rings. The fourth-order valence-corrected chi connectivity index (χ4v) is 2.19. The van der Waals surface area contributed by atoms with Crippen molar-refractivity contribution in [3.63, 3.8) is 0 Å². The van der Waals surface area contributed by atoms with Crippen LogP contribution < -0.4 is 5.73 Å². The molecule has 0 saturated heterocycles. The van der Waals surface area contributed by atoms with Gasteiger partial charge in [-0.3, -0.25) is 0 Å². The number of hydrogen-bond donors (Lipinski definition) is 2. The molecule has 0 heterocycles. The average molecular weight is 185 g/mol. The van der Waals surface area contributed by atoms with E-state index in [0.29, 0.717) is 5.92 Å². The standard InChI is InChI=1S/C11H23NO/c1-8(2)9(12)10(3,4)7-11(13)5-6-11/h8-9,13H,5-7,12H2,1-4H3/t9-/m0/s1. The van der Waals surface area contributed by atoms with E-state index >= 15 is 0 Å². The van der Waals surface area contributed by atoms with E-state index < -0.39 is 0 Å². The van der Waals surface area contributed by atoms with Gasteiger partial charge in [-0.1, -0.05) is 27.7 Å². The maximum Gasteiger partial charge on any atom is 0.0655 e. The molecule has 0 aromatic heterocycles. The third kappa shape index (κ3) is 2.68. The summed E-state index contributed by atoms with van der Waals surface area (Å²) < 4.78 is 0. The van der Waals surface area contributed by atoms with Crippen LogP contribution in [0.1, 0.15) is 47.0 Å². The van der Waals surface area contributed by atoms with Gasteiger partial charge in [0.1, 0.15) is 0 Å². The van der Waals surface area contributed by atoms with Gasteiger partial charge in [0.15, 0.2) is 0 Å². The number of hydrogen-bond acceptors (Lipinski definition) is 2. The molecule has 3 N–H and O–H groups in total. The summed E-state index contributed by atoms with van der Waals surface area (Å²) >= 11 is 0. The van der Waals surface area contributed by atoms with Gasteiger partial charge in [0, 0.05) is 6.04 Å². The molecule has 78 valence electrons. The van der Waals surface area contributed by atoms with Crippen molar-refractivity contribution in [2.45, 2.75) is 58.6 Å². The summed E-state index contributed by atoms with van der Waals surface area (Å²) in [7, 11) is 0. The molecule has 2 heteroatoms. The molecule has 0 bridgehead atoms. The van der Waals surface area contributed by atoms with Crippen LogP contribution in [0.4, 0.5) is 0 Å². The van der Waals surface area contributed by atoms with Crippen LogP contribution in [-0.2, 0) is 0 Å². The quantitative estimate of drug-likeness (QED) is 0.703. The van der Waals surface area contributed by atoms with E-state index in [1.807, 2.05) is 0 Å². The normalized spacial score (nSPS) is 23.3. The Morgan fingerprint density at radius 3 is 2.15 bits per heavy atom. The molecule has 2 nitrogen and oxygen atoms in total. The van der Waals surface area contributed by atoms with Crippen molar-refractivity contribution in [2.24, 2.45) is 17.1 Å². The topological polar surface area (TPSA) is 46.2 Å². The Balaban J connectivity index is 2.53. The summed E-state index contributed by atoms with van der Waals surface area (Å²) in [5, 5.41) is 9.84. The lowest BCUT2D eigenvalue weighted by molar-refractivity contribution is 0.0703. The molecule has 0 aromatic carbocycles. The lowest BCUT2D eigenvalue weighted by Gasteiger charge is -2.36. The van der Waals surface area contributed by atoms with Gasteiger partial charge in [0.2, 0.25) is 0 Å². The number of rotatable bonds is 4. The first kappa shape index (κ1) is 11.0. The van der Waals surface area contributed by atoms with Crippen LogP contribution in [0.2, 0.25) is 0 Å². The summed E-state index contributed by atoms with van der Waals surface area (Å²) in [4.78, 5) is 0. The van der Waals surface area contributed by atoms with Crippen molar-refractivity contribution in [3.8, 4) is 0 Å². The van der Waals surface area contributed by atoms with Gasteiger partial charge >= 0.3 is 0 Å². The Kier molecular flexibility index (Phi) is 2.75. The first-order valence-electron chi connectivity index (χ1n) is 5.25. The predicted octanol–water partition coefficient (Wildman–Crippen LogP) is 1.91. The lowest BCUT2D eigenvalue weighted by atomic mass is 9.74. The molecule has 13 heavy (non-hydrogen) atoms. The molecule has 0 aliphatic heterocycles. The Bertz CT molecular complexity index is 183. The summed E-state index contributed by atoms with van der Waals surface area (Å²) in [6.45, 7) is 8.61. The van der Waals surface area contributed by atoms with Crippen LogP contribution in [0.15, 0.2) is 0 Å². The molecule has 0 amide bonds. The van der Waals surface area contributed by atoms with E-state index in [1.165, 1.54) is 0 Å². The SMILES string of the molecule is CC(C)[C@H](N)C(C)(C)CC1(O)CC1. The van der Waals surface area contributed by atoms with Crippen LogP contribution in [0.5, 0.6) is 0 Å². The first-order valence-corrected chi connectivity index (χ1v) is 5.25. The monoisotopic (exact) mass is 185 g/mol. The van der Waals surface area contributed by atoms with Crippen LogP contribution in [0, 0.1) is 11.3 Å². The highest BCUT2D eigenvalue weighted by molar-refractivity contribution is 5.00. The van der Waals surface area contributed by atoms with Crippen molar-refractivity contribution in [1.82, 2.24) is 0 Å². The van der Waals surface area contributed by atoms with Gasteiger partial charge in [-0.2, -0.15) is 0 Å². The predicted molar refractivity (Wildman–Crippen MR) is 55.4 cm³/mol. The minimum absolute atomic E-state index is 0.0550. The van der Waals surface area contributed by atoms with Crippen LogP contribution in [0.25, 0.3) is 0 Å². The van der Waals surface area contributed by atoms with Crippen LogP contribution >= 0.6 is 0 Å². The summed E-state index contributed by atoms with van der Waals surface area (Å²) in [5.74, 6) is 0.484.